The Morgan fingerprint density at radius 2 is 1.89 bits per heavy atom. The molecule has 1 heterocycles. The van der Waals surface area contributed by atoms with Gasteiger partial charge in [-0.1, -0.05) is 25.9 Å². The highest BCUT2D eigenvalue weighted by Crippen LogP contribution is 2.27. The van der Waals surface area contributed by atoms with Gasteiger partial charge in [-0.2, -0.15) is 4.98 Å². The van der Waals surface area contributed by atoms with E-state index in [2.05, 4.69) is 30.9 Å². The molecule has 1 aromatic heterocycles. The van der Waals surface area contributed by atoms with Gasteiger partial charge in [-0.15, -0.1) is 11.8 Å². The van der Waals surface area contributed by atoms with Crippen LogP contribution in [0.1, 0.15) is 26.6 Å². The number of aromatic nitrogens is 2. The van der Waals surface area contributed by atoms with Crippen LogP contribution in [0.25, 0.3) is 11.5 Å². The fourth-order valence-electron chi connectivity index (χ4n) is 1.31. The minimum absolute atomic E-state index is 0.180. The molecule has 2 aromatic rings. The van der Waals surface area contributed by atoms with Crippen molar-refractivity contribution in [2.75, 3.05) is 0 Å². The lowest BCUT2D eigenvalue weighted by Gasteiger charge is -2.15. The van der Waals surface area contributed by atoms with Crippen molar-refractivity contribution < 1.29 is 9.63 Å². The topological polar surface area (TPSA) is 59.2 Å². The molecule has 0 fully saturated rings. The molecule has 0 saturated carbocycles. The van der Waals surface area contributed by atoms with E-state index < -0.39 is 0 Å². The van der Waals surface area contributed by atoms with Gasteiger partial charge in [0.25, 0.3) is 5.89 Å². The van der Waals surface area contributed by atoms with Crippen LogP contribution < -0.4 is 0 Å². The Morgan fingerprint density at radius 1 is 1.22 bits per heavy atom. The monoisotopic (exact) mass is 264 g/mol. The first kappa shape index (κ1) is 13.0. The molecule has 0 atom stereocenters. The second-order valence-electron chi connectivity index (χ2n) is 4.96. The highest BCUT2D eigenvalue weighted by Gasteiger charge is 2.14. The van der Waals surface area contributed by atoms with Gasteiger partial charge in [0.2, 0.25) is 0 Å². The van der Waals surface area contributed by atoms with Crippen LogP contribution in [0.3, 0.4) is 0 Å². The first-order chi connectivity index (χ1) is 8.44. The molecule has 5 heteroatoms. The van der Waals surface area contributed by atoms with Gasteiger partial charge in [-0.25, -0.2) is 0 Å². The van der Waals surface area contributed by atoms with Crippen molar-refractivity contribution in [2.45, 2.75) is 31.3 Å². The summed E-state index contributed by atoms with van der Waals surface area (Å²) in [6, 6.07) is 6.71. The molecule has 0 aliphatic carbocycles. The number of rotatable bonds is 3. The van der Waals surface area contributed by atoms with E-state index in [-0.39, 0.29) is 10.5 Å². The lowest BCUT2D eigenvalue weighted by atomic mass is 10.2. The molecule has 2 rings (SSSR count). The molecule has 96 valence electrons. The third-order valence-electron chi connectivity index (χ3n) is 2.22. The van der Waals surface area contributed by atoms with Crippen LogP contribution in [0, 0.1) is 0 Å². The predicted molar refractivity (Wildman–Crippen MR) is 72.4 cm³/mol. The Labute approximate surface area is 110 Å². The third-order valence-corrected chi connectivity index (χ3v) is 3.49. The Morgan fingerprint density at radius 3 is 2.50 bits per heavy atom. The first-order valence-corrected chi connectivity index (χ1v) is 6.68. The molecule has 0 saturated heterocycles. The molecular formula is C13H16N2O2S. The van der Waals surface area contributed by atoms with Gasteiger partial charge in [0.05, 0.1) is 5.75 Å². The van der Waals surface area contributed by atoms with Crippen LogP contribution in [0.5, 0.6) is 5.75 Å². The van der Waals surface area contributed by atoms with Crippen molar-refractivity contribution in [1.82, 2.24) is 10.1 Å². The van der Waals surface area contributed by atoms with Crippen LogP contribution in [0.2, 0.25) is 0 Å². The van der Waals surface area contributed by atoms with Crippen LogP contribution in [-0.2, 0) is 5.75 Å². The number of phenols is 1. The Kier molecular flexibility index (Phi) is 3.61. The zero-order chi connectivity index (χ0) is 13.2. The molecule has 4 nitrogen and oxygen atoms in total. The normalized spacial score (nSPS) is 11.7. The summed E-state index contributed by atoms with van der Waals surface area (Å²) in [5.41, 5.74) is 0.812. The van der Waals surface area contributed by atoms with Gasteiger partial charge < -0.3 is 9.63 Å². The number of hydrogen-bond acceptors (Lipinski definition) is 5. The van der Waals surface area contributed by atoms with Crippen molar-refractivity contribution in [3.8, 4) is 17.2 Å². The van der Waals surface area contributed by atoms with E-state index in [1.54, 1.807) is 36.0 Å². The number of phenolic OH excluding ortho intramolecular Hbond substituents is 1. The molecule has 0 spiro atoms. The summed E-state index contributed by atoms with van der Waals surface area (Å²) in [7, 11) is 0. The number of benzene rings is 1. The zero-order valence-corrected chi connectivity index (χ0v) is 11.5. The maximum Gasteiger partial charge on any atom is 0.257 e. The van der Waals surface area contributed by atoms with Crippen LogP contribution in [0.4, 0.5) is 0 Å². The summed E-state index contributed by atoms with van der Waals surface area (Å²) in [5, 5.41) is 13.2. The minimum Gasteiger partial charge on any atom is -0.508 e. The van der Waals surface area contributed by atoms with Crippen LogP contribution in [-0.4, -0.2) is 20.0 Å². The Bertz CT molecular complexity index is 515. The van der Waals surface area contributed by atoms with E-state index in [0.29, 0.717) is 11.7 Å². The van der Waals surface area contributed by atoms with Gasteiger partial charge in [0.1, 0.15) is 5.75 Å². The Balaban J connectivity index is 2.08. The summed E-state index contributed by atoms with van der Waals surface area (Å²) >= 11 is 1.77. The van der Waals surface area contributed by atoms with E-state index in [9.17, 15) is 5.11 Å². The summed E-state index contributed by atoms with van der Waals surface area (Å²) in [5.74, 6) is 2.13. The summed E-state index contributed by atoms with van der Waals surface area (Å²) in [6.07, 6.45) is 0. The number of aromatic hydroxyl groups is 1. The second kappa shape index (κ2) is 5.02. The Hall–Kier alpha value is -1.49. The highest BCUT2D eigenvalue weighted by atomic mass is 32.2. The summed E-state index contributed by atoms with van der Waals surface area (Å²) < 4.78 is 5.38. The maximum absolute atomic E-state index is 9.21. The van der Waals surface area contributed by atoms with Gasteiger partial charge >= 0.3 is 0 Å². The molecule has 1 N–H and O–H groups in total. The molecule has 0 radical (unpaired) electrons. The van der Waals surface area contributed by atoms with Gasteiger partial charge in [0, 0.05) is 10.3 Å². The lowest BCUT2D eigenvalue weighted by molar-refractivity contribution is 0.425. The van der Waals surface area contributed by atoms with Crippen molar-refractivity contribution in [2.24, 2.45) is 0 Å². The number of thioether (sulfide) groups is 1. The van der Waals surface area contributed by atoms with Gasteiger partial charge in [-0.05, 0) is 24.3 Å². The SMILES string of the molecule is CC(C)(C)SCc1noc(-c2ccc(O)cc2)n1. The fraction of sp³-hybridized carbons (Fsp3) is 0.385. The third kappa shape index (κ3) is 3.50. The maximum atomic E-state index is 9.21. The van der Waals surface area contributed by atoms with E-state index >= 15 is 0 Å². The summed E-state index contributed by atoms with van der Waals surface area (Å²) in [4.78, 5) is 4.33. The van der Waals surface area contributed by atoms with Gasteiger partial charge in [-0.3, -0.25) is 0 Å². The number of nitrogens with zero attached hydrogens (tertiary/aromatic N) is 2. The van der Waals surface area contributed by atoms with Crippen LogP contribution in [0.15, 0.2) is 28.8 Å². The highest BCUT2D eigenvalue weighted by molar-refractivity contribution is 7.99. The molecule has 0 bridgehead atoms. The average Bonchev–Trinajstić information content (AvgIpc) is 2.75. The quantitative estimate of drug-likeness (QED) is 0.919. The molecule has 1 aromatic carbocycles. The molecule has 0 amide bonds. The second-order valence-corrected chi connectivity index (χ2v) is 6.77. The smallest absolute Gasteiger partial charge is 0.257 e. The van der Waals surface area contributed by atoms with E-state index in [0.717, 1.165) is 11.3 Å². The average molecular weight is 264 g/mol. The van der Waals surface area contributed by atoms with Crippen molar-refractivity contribution in [3.63, 3.8) is 0 Å². The van der Waals surface area contributed by atoms with E-state index in [1.165, 1.54) is 0 Å². The molecular weight excluding hydrogens is 248 g/mol. The fourth-order valence-corrected chi connectivity index (χ4v) is 1.99. The predicted octanol–water partition coefficient (Wildman–Crippen LogP) is 3.47. The molecule has 18 heavy (non-hydrogen) atoms. The van der Waals surface area contributed by atoms with Crippen molar-refractivity contribution in [1.29, 1.82) is 0 Å². The minimum atomic E-state index is 0.180. The molecule has 0 unspecified atom stereocenters. The van der Waals surface area contributed by atoms with Crippen molar-refractivity contribution in [3.05, 3.63) is 30.1 Å². The largest absolute Gasteiger partial charge is 0.508 e. The van der Waals surface area contributed by atoms with Crippen molar-refractivity contribution >= 4 is 11.8 Å². The standard InChI is InChI=1S/C13H16N2O2S/c1-13(2,3)18-8-11-14-12(17-15-11)9-4-6-10(16)7-5-9/h4-7,16H,8H2,1-3H3. The first-order valence-electron chi connectivity index (χ1n) is 5.70. The number of hydrogen-bond donors (Lipinski definition) is 1. The summed E-state index contributed by atoms with van der Waals surface area (Å²) in [6.45, 7) is 6.45. The van der Waals surface area contributed by atoms with E-state index in [1.807, 2.05) is 0 Å². The van der Waals surface area contributed by atoms with Gasteiger partial charge in [0.15, 0.2) is 5.82 Å². The molecule has 0 aliphatic heterocycles. The zero-order valence-electron chi connectivity index (χ0n) is 10.7. The van der Waals surface area contributed by atoms with Crippen LogP contribution >= 0.6 is 11.8 Å². The molecule has 0 aliphatic rings. The lowest BCUT2D eigenvalue weighted by Crippen LogP contribution is -2.07. The van der Waals surface area contributed by atoms with E-state index in [4.69, 9.17) is 4.52 Å².